The van der Waals surface area contributed by atoms with E-state index in [0.717, 1.165) is 22.7 Å². The molecule has 1 atom stereocenters. The molecule has 1 aliphatic rings. The number of benzene rings is 1. The average molecular weight is 399 g/mol. The Morgan fingerprint density at radius 1 is 1.21 bits per heavy atom. The molecule has 0 bridgehead atoms. The number of rotatable bonds is 5. The number of nitrogens with one attached hydrogen (secondary N) is 1. The van der Waals surface area contributed by atoms with Crippen LogP contribution >= 0.6 is 11.8 Å². The molecule has 0 radical (unpaired) electrons. The Balaban J connectivity index is 1.39. The normalized spacial score (nSPS) is 14.1. The van der Waals surface area contributed by atoms with Crippen LogP contribution < -0.4 is 14.8 Å². The number of nitrogens with zero attached hydrogens (tertiary/aromatic N) is 4. The second-order valence-corrected chi connectivity index (χ2v) is 7.58. The summed E-state index contributed by atoms with van der Waals surface area (Å²) in [6.07, 6.45) is 0. The van der Waals surface area contributed by atoms with Gasteiger partial charge in [-0.25, -0.2) is 4.98 Å². The summed E-state index contributed by atoms with van der Waals surface area (Å²) in [7, 11) is 0. The van der Waals surface area contributed by atoms with Crippen LogP contribution in [0.2, 0.25) is 0 Å². The molecule has 3 aromatic rings. The Kier molecular flexibility index (Phi) is 5.08. The van der Waals surface area contributed by atoms with Crippen molar-refractivity contribution >= 4 is 23.4 Å². The SMILES string of the molecule is Cc1cc(C)n2c(SCC(=O)N[C@H](C)c3ccc4c(c3)OCCO4)nnc2n1. The summed E-state index contributed by atoms with van der Waals surface area (Å²) in [5.74, 6) is 2.16. The molecule has 1 amide bonds. The van der Waals surface area contributed by atoms with Crippen molar-refractivity contribution in [1.82, 2.24) is 24.9 Å². The van der Waals surface area contributed by atoms with Gasteiger partial charge in [-0.15, -0.1) is 10.2 Å². The van der Waals surface area contributed by atoms with E-state index in [4.69, 9.17) is 9.47 Å². The summed E-state index contributed by atoms with van der Waals surface area (Å²) in [6.45, 7) is 6.92. The van der Waals surface area contributed by atoms with Crippen molar-refractivity contribution in [3.8, 4) is 11.5 Å². The quantitative estimate of drug-likeness (QED) is 0.659. The van der Waals surface area contributed by atoms with Gasteiger partial charge in [-0.1, -0.05) is 17.8 Å². The summed E-state index contributed by atoms with van der Waals surface area (Å²) in [5.41, 5.74) is 2.84. The number of carbonyl (C=O) groups excluding carboxylic acids is 1. The van der Waals surface area contributed by atoms with Gasteiger partial charge < -0.3 is 14.8 Å². The first kappa shape index (κ1) is 18.5. The van der Waals surface area contributed by atoms with Crippen molar-refractivity contribution in [3.63, 3.8) is 0 Å². The van der Waals surface area contributed by atoms with Crippen molar-refractivity contribution in [1.29, 1.82) is 0 Å². The number of hydrogen-bond donors (Lipinski definition) is 1. The van der Waals surface area contributed by atoms with Crippen LogP contribution in [0.25, 0.3) is 5.78 Å². The van der Waals surface area contributed by atoms with Gasteiger partial charge in [0.2, 0.25) is 5.91 Å². The number of aryl methyl sites for hydroxylation is 2. The molecule has 1 aliphatic heterocycles. The molecule has 0 aliphatic carbocycles. The molecule has 28 heavy (non-hydrogen) atoms. The molecule has 0 saturated heterocycles. The van der Waals surface area contributed by atoms with Crippen molar-refractivity contribution in [2.75, 3.05) is 19.0 Å². The van der Waals surface area contributed by atoms with Crippen LogP contribution in [-0.4, -0.2) is 44.5 Å². The van der Waals surface area contributed by atoms with E-state index in [9.17, 15) is 4.79 Å². The maximum atomic E-state index is 12.4. The van der Waals surface area contributed by atoms with Crippen molar-refractivity contribution in [2.45, 2.75) is 32.0 Å². The van der Waals surface area contributed by atoms with Crippen molar-refractivity contribution < 1.29 is 14.3 Å². The molecular formula is C19H21N5O3S. The molecule has 0 fully saturated rings. The molecule has 2 aromatic heterocycles. The predicted octanol–water partition coefficient (Wildman–Crippen LogP) is 2.48. The lowest BCUT2D eigenvalue weighted by Gasteiger charge is -2.21. The second kappa shape index (κ2) is 7.67. The van der Waals surface area contributed by atoms with Gasteiger partial charge in [-0.05, 0) is 44.5 Å². The maximum Gasteiger partial charge on any atom is 0.256 e. The molecule has 1 N–H and O–H groups in total. The molecule has 9 heteroatoms. The fourth-order valence-electron chi connectivity index (χ4n) is 3.12. The molecule has 0 saturated carbocycles. The van der Waals surface area contributed by atoms with E-state index in [0.29, 0.717) is 29.9 Å². The first-order valence-electron chi connectivity index (χ1n) is 9.02. The third-order valence-electron chi connectivity index (χ3n) is 4.44. The van der Waals surface area contributed by atoms with E-state index in [1.165, 1.54) is 11.8 Å². The highest BCUT2D eigenvalue weighted by molar-refractivity contribution is 7.99. The number of thioether (sulfide) groups is 1. The highest BCUT2D eigenvalue weighted by Gasteiger charge is 2.17. The minimum Gasteiger partial charge on any atom is -0.486 e. The molecule has 0 unspecified atom stereocenters. The predicted molar refractivity (Wildman–Crippen MR) is 105 cm³/mol. The van der Waals surface area contributed by atoms with Crippen LogP contribution in [0, 0.1) is 13.8 Å². The lowest BCUT2D eigenvalue weighted by molar-refractivity contribution is -0.119. The number of ether oxygens (including phenoxy) is 2. The Morgan fingerprint density at radius 3 is 2.82 bits per heavy atom. The Labute approximate surface area is 166 Å². The van der Waals surface area contributed by atoms with Crippen LogP contribution in [-0.2, 0) is 4.79 Å². The summed E-state index contributed by atoms with van der Waals surface area (Å²) in [5, 5.41) is 11.9. The Morgan fingerprint density at radius 2 is 2.00 bits per heavy atom. The smallest absolute Gasteiger partial charge is 0.256 e. The minimum atomic E-state index is -0.148. The van der Waals surface area contributed by atoms with Crippen LogP contribution in [0.3, 0.4) is 0 Å². The standard InChI is InChI=1S/C19H21N5O3S/c1-11-8-12(2)24-18(20-11)22-23-19(24)28-10-17(25)21-13(3)14-4-5-15-16(9-14)27-7-6-26-15/h4-5,8-9,13H,6-7,10H2,1-3H3,(H,21,25)/t13-/m1/s1. The van der Waals surface area contributed by atoms with Gasteiger partial charge in [0.05, 0.1) is 11.8 Å². The highest BCUT2D eigenvalue weighted by atomic mass is 32.2. The van der Waals surface area contributed by atoms with E-state index in [-0.39, 0.29) is 17.7 Å². The van der Waals surface area contributed by atoms with E-state index in [1.54, 1.807) is 0 Å². The monoisotopic (exact) mass is 399 g/mol. The van der Waals surface area contributed by atoms with Crippen LogP contribution in [0.5, 0.6) is 11.5 Å². The number of aromatic nitrogens is 4. The number of carbonyl (C=O) groups is 1. The van der Waals surface area contributed by atoms with Crippen molar-refractivity contribution in [3.05, 3.63) is 41.2 Å². The van der Waals surface area contributed by atoms with Gasteiger partial charge in [-0.3, -0.25) is 9.20 Å². The molecular weight excluding hydrogens is 378 g/mol. The van der Waals surface area contributed by atoms with Crippen LogP contribution in [0.4, 0.5) is 0 Å². The first-order chi connectivity index (χ1) is 13.5. The fourth-order valence-corrected chi connectivity index (χ4v) is 3.92. The van der Waals surface area contributed by atoms with E-state index < -0.39 is 0 Å². The number of amides is 1. The third kappa shape index (κ3) is 3.75. The zero-order chi connectivity index (χ0) is 19.7. The largest absolute Gasteiger partial charge is 0.486 e. The number of hydrogen-bond acceptors (Lipinski definition) is 7. The summed E-state index contributed by atoms with van der Waals surface area (Å²) in [4.78, 5) is 16.8. The zero-order valence-corrected chi connectivity index (χ0v) is 16.7. The van der Waals surface area contributed by atoms with Gasteiger partial charge in [-0.2, -0.15) is 0 Å². The van der Waals surface area contributed by atoms with E-state index in [1.807, 2.05) is 49.4 Å². The maximum absolute atomic E-state index is 12.4. The third-order valence-corrected chi connectivity index (χ3v) is 5.37. The van der Waals surface area contributed by atoms with Gasteiger partial charge in [0, 0.05) is 11.4 Å². The van der Waals surface area contributed by atoms with Crippen LogP contribution in [0.15, 0.2) is 29.4 Å². The zero-order valence-electron chi connectivity index (χ0n) is 15.9. The highest BCUT2D eigenvalue weighted by Crippen LogP contribution is 2.32. The van der Waals surface area contributed by atoms with E-state index in [2.05, 4.69) is 20.5 Å². The van der Waals surface area contributed by atoms with Gasteiger partial charge in [0.1, 0.15) is 13.2 Å². The molecule has 3 heterocycles. The molecule has 146 valence electrons. The summed E-state index contributed by atoms with van der Waals surface area (Å²) in [6, 6.07) is 7.54. The van der Waals surface area contributed by atoms with Gasteiger partial charge in [0.15, 0.2) is 16.7 Å². The Bertz CT molecular complexity index is 1040. The molecule has 8 nitrogen and oxygen atoms in total. The van der Waals surface area contributed by atoms with Crippen LogP contribution in [0.1, 0.15) is 29.9 Å². The van der Waals surface area contributed by atoms with E-state index >= 15 is 0 Å². The lowest BCUT2D eigenvalue weighted by atomic mass is 10.1. The molecule has 1 aromatic carbocycles. The molecule has 0 spiro atoms. The fraction of sp³-hybridized carbons (Fsp3) is 0.368. The Hall–Kier alpha value is -2.81. The molecule has 4 rings (SSSR count). The topological polar surface area (TPSA) is 90.6 Å². The minimum absolute atomic E-state index is 0.0816. The summed E-state index contributed by atoms with van der Waals surface area (Å²) >= 11 is 1.34. The van der Waals surface area contributed by atoms with Gasteiger partial charge >= 0.3 is 0 Å². The summed E-state index contributed by atoms with van der Waals surface area (Å²) < 4.78 is 13.0. The average Bonchev–Trinajstić information content (AvgIpc) is 3.09. The second-order valence-electron chi connectivity index (χ2n) is 6.64. The first-order valence-corrected chi connectivity index (χ1v) is 10.0. The lowest BCUT2D eigenvalue weighted by Crippen LogP contribution is -2.28. The van der Waals surface area contributed by atoms with Gasteiger partial charge in [0.25, 0.3) is 5.78 Å². The number of fused-ring (bicyclic) bond motifs is 2. The van der Waals surface area contributed by atoms with Crippen molar-refractivity contribution in [2.24, 2.45) is 0 Å².